The Morgan fingerprint density at radius 1 is 1.25 bits per heavy atom. The quantitative estimate of drug-likeness (QED) is 0.377. The lowest BCUT2D eigenvalue weighted by Crippen LogP contribution is -2.25. The van der Waals surface area contributed by atoms with Gasteiger partial charge in [0.25, 0.3) is 0 Å². The van der Waals surface area contributed by atoms with Crippen LogP contribution in [0.5, 0.6) is 0 Å². The average Bonchev–Trinajstić information content (AvgIpc) is 2.09. The summed E-state index contributed by atoms with van der Waals surface area (Å²) in [4.78, 5) is 25.3. The summed E-state index contributed by atoms with van der Waals surface area (Å²) < 4.78 is 28.7. The zero-order chi connectivity index (χ0) is 13.0. The van der Waals surface area contributed by atoms with Crippen molar-refractivity contribution in [1.82, 2.24) is 0 Å². The molecule has 0 bridgehead atoms. The Kier molecular flexibility index (Phi) is 6.27. The smallest absolute Gasteiger partial charge is 0.396 e. The van der Waals surface area contributed by atoms with Crippen molar-refractivity contribution in [2.75, 3.05) is 13.2 Å². The maximum absolute atomic E-state index is 10.9. The van der Waals surface area contributed by atoms with Crippen LogP contribution in [-0.4, -0.2) is 44.2 Å². The topological polar surface area (TPSA) is 154 Å². The Bertz CT molecular complexity index is 298. The molecule has 0 aromatic heterocycles. The molecule has 0 spiro atoms. The molecule has 0 rings (SSSR count). The van der Waals surface area contributed by atoms with E-state index in [9.17, 15) is 14.2 Å². The second-order valence-corrected chi connectivity index (χ2v) is 5.89. The van der Waals surface area contributed by atoms with Gasteiger partial charge in [0.15, 0.2) is 0 Å². The first kappa shape index (κ1) is 16.2. The van der Waals surface area contributed by atoms with Crippen LogP contribution < -0.4 is 0 Å². The molecule has 1 unspecified atom stereocenters. The van der Waals surface area contributed by atoms with Crippen LogP contribution in [0.3, 0.4) is 0 Å². The molecule has 0 amide bonds. The van der Waals surface area contributed by atoms with Crippen molar-refractivity contribution >= 4 is 15.6 Å². The summed E-state index contributed by atoms with van der Waals surface area (Å²) in [5.41, 5.74) is 0. The molecule has 0 saturated heterocycles. The van der Waals surface area contributed by atoms with E-state index in [1.807, 2.05) is 0 Å². The molecule has 11 heteroatoms. The summed E-state index contributed by atoms with van der Waals surface area (Å²) in [6.07, 6.45) is -1.26. The first-order valence-electron chi connectivity index (χ1n) is 4.10. The third kappa shape index (κ3) is 7.45. The van der Waals surface area contributed by atoms with Crippen molar-refractivity contribution < 1.29 is 42.9 Å². The van der Waals surface area contributed by atoms with Crippen molar-refractivity contribution in [2.24, 2.45) is 5.92 Å². The zero-order valence-corrected chi connectivity index (χ0v) is 10.1. The number of rotatable bonds is 7. The standard InChI is InChI=1S/C5H14O9P2/c1-4(2-6)5(7)3-13-16(11,12)14-15(8,9)10/h4-7H,2-3H2,1H3,(H,11,12)(H2,8,9,10)/t4-,5+/m0/s1. The van der Waals surface area contributed by atoms with E-state index < -0.39 is 34.3 Å². The third-order valence-electron chi connectivity index (χ3n) is 1.56. The van der Waals surface area contributed by atoms with Crippen LogP contribution >= 0.6 is 15.6 Å². The summed E-state index contributed by atoms with van der Waals surface area (Å²) in [6.45, 7) is 0.370. The monoisotopic (exact) mass is 280 g/mol. The first-order chi connectivity index (χ1) is 7.07. The highest BCUT2D eigenvalue weighted by molar-refractivity contribution is 7.60. The summed E-state index contributed by atoms with van der Waals surface area (Å²) in [6, 6.07) is 0. The van der Waals surface area contributed by atoms with E-state index in [1.165, 1.54) is 6.92 Å². The predicted octanol–water partition coefficient (Wildman–Crippen LogP) is -0.798. The van der Waals surface area contributed by atoms with E-state index in [4.69, 9.17) is 19.8 Å². The van der Waals surface area contributed by atoms with Gasteiger partial charge in [-0.25, -0.2) is 9.13 Å². The first-order valence-corrected chi connectivity index (χ1v) is 7.13. The molecule has 0 fully saturated rings. The van der Waals surface area contributed by atoms with Crippen LogP contribution in [0.2, 0.25) is 0 Å². The van der Waals surface area contributed by atoms with Gasteiger partial charge in [-0.2, -0.15) is 4.31 Å². The van der Waals surface area contributed by atoms with E-state index in [-0.39, 0.29) is 6.61 Å². The van der Waals surface area contributed by atoms with Crippen molar-refractivity contribution in [3.63, 3.8) is 0 Å². The number of hydrogen-bond donors (Lipinski definition) is 5. The fourth-order valence-corrected chi connectivity index (χ4v) is 2.22. The van der Waals surface area contributed by atoms with Gasteiger partial charge in [-0.1, -0.05) is 6.92 Å². The predicted molar refractivity (Wildman–Crippen MR) is 51.2 cm³/mol. The molecule has 0 radical (unpaired) electrons. The van der Waals surface area contributed by atoms with E-state index in [2.05, 4.69) is 8.83 Å². The fraction of sp³-hybridized carbons (Fsp3) is 1.00. The van der Waals surface area contributed by atoms with Gasteiger partial charge in [0.1, 0.15) is 0 Å². The van der Waals surface area contributed by atoms with Gasteiger partial charge in [0, 0.05) is 12.5 Å². The molecule has 98 valence electrons. The molecule has 0 aliphatic rings. The number of phosphoric ester groups is 1. The van der Waals surface area contributed by atoms with Crippen LogP contribution in [-0.2, 0) is 18.0 Å². The van der Waals surface area contributed by atoms with Gasteiger partial charge in [0.05, 0.1) is 12.7 Å². The van der Waals surface area contributed by atoms with Gasteiger partial charge in [-0.3, -0.25) is 4.52 Å². The fourth-order valence-electron chi connectivity index (χ4n) is 0.614. The van der Waals surface area contributed by atoms with Crippen LogP contribution in [0, 0.1) is 5.92 Å². The van der Waals surface area contributed by atoms with Crippen LogP contribution in [0.1, 0.15) is 6.92 Å². The van der Waals surface area contributed by atoms with Crippen LogP contribution in [0.15, 0.2) is 0 Å². The van der Waals surface area contributed by atoms with E-state index >= 15 is 0 Å². The average molecular weight is 280 g/mol. The van der Waals surface area contributed by atoms with E-state index in [0.29, 0.717) is 0 Å². The lowest BCUT2D eigenvalue weighted by atomic mass is 10.1. The van der Waals surface area contributed by atoms with E-state index in [0.717, 1.165) is 0 Å². The summed E-state index contributed by atoms with van der Waals surface area (Å²) in [5, 5.41) is 17.8. The minimum Gasteiger partial charge on any atom is -0.396 e. The number of aliphatic hydroxyl groups is 2. The molecule has 0 aliphatic carbocycles. The SMILES string of the molecule is C[C@@H](CO)[C@H](O)COP(=O)(O)OP(=O)(O)O. The van der Waals surface area contributed by atoms with Gasteiger partial charge in [-0.15, -0.1) is 0 Å². The van der Waals surface area contributed by atoms with Gasteiger partial charge < -0.3 is 24.9 Å². The second-order valence-electron chi connectivity index (χ2n) is 3.06. The van der Waals surface area contributed by atoms with Crippen molar-refractivity contribution in [3.8, 4) is 0 Å². The summed E-state index contributed by atoms with van der Waals surface area (Å²) in [7, 11) is -10.1. The molecule has 9 nitrogen and oxygen atoms in total. The Labute approximate surface area is 91.5 Å². The molecule has 5 N–H and O–H groups in total. The van der Waals surface area contributed by atoms with Gasteiger partial charge >= 0.3 is 15.6 Å². The normalized spacial score (nSPS) is 20.1. The van der Waals surface area contributed by atoms with Crippen LogP contribution in [0.25, 0.3) is 0 Å². The third-order valence-corrected chi connectivity index (χ3v) is 3.71. The molecular weight excluding hydrogens is 266 g/mol. The maximum Gasteiger partial charge on any atom is 0.481 e. The largest absolute Gasteiger partial charge is 0.481 e. The van der Waals surface area contributed by atoms with Crippen molar-refractivity contribution in [1.29, 1.82) is 0 Å². The Morgan fingerprint density at radius 3 is 2.12 bits per heavy atom. The highest BCUT2D eigenvalue weighted by atomic mass is 31.3. The number of phosphoric acid groups is 2. The minimum absolute atomic E-state index is 0.375. The minimum atomic E-state index is -5.15. The molecule has 0 aromatic carbocycles. The number of aliphatic hydroxyl groups excluding tert-OH is 2. The van der Waals surface area contributed by atoms with Gasteiger partial charge in [-0.05, 0) is 0 Å². The molecule has 0 heterocycles. The van der Waals surface area contributed by atoms with Gasteiger partial charge in [0.2, 0.25) is 0 Å². The van der Waals surface area contributed by atoms with Crippen LogP contribution in [0.4, 0.5) is 0 Å². The van der Waals surface area contributed by atoms with Crippen molar-refractivity contribution in [3.05, 3.63) is 0 Å². The molecule has 0 aromatic rings. The van der Waals surface area contributed by atoms with Crippen molar-refractivity contribution in [2.45, 2.75) is 13.0 Å². The lowest BCUT2D eigenvalue weighted by molar-refractivity contribution is 0.0278. The van der Waals surface area contributed by atoms with E-state index in [1.54, 1.807) is 0 Å². The highest BCUT2D eigenvalue weighted by Gasteiger charge is 2.33. The summed E-state index contributed by atoms with van der Waals surface area (Å²) in [5.74, 6) is -0.616. The highest BCUT2D eigenvalue weighted by Crippen LogP contribution is 2.57. The Balaban J connectivity index is 4.19. The molecule has 0 aliphatic heterocycles. The molecule has 3 atom stereocenters. The zero-order valence-electron chi connectivity index (χ0n) is 8.33. The summed E-state index contributed by atoms with van der Waals surface area (Å²) >= 11 is 0. The molecule has 16 heavy (non-hydrogen) atoms. The lowest BCUT2D eigenvalue weighted by Gasteiger charge is -2.18. The Morgan fingerprint density at radius 2 is 1.75 bits per heavy atom. The molecule has 0 saturated carbocycles. The second kappa shape index (κ2) is 6.20. The Hall–Kier alpha value is 0.180. The number of hydrogen-bond acceptors (Lipinski definition) is 6. The molecular formula is C5H14O9P2. The maximum atomic E-state index is 10.9.